The summed E-state index contributed by atoms with van der Waals surface area (Å²) in [6.45, 7) is 3.97. The fraction of sp³-hybridized carbons (Fsp3) is 0.500. The molecule has 0 aliphatic carbocycles. The van der Waals surface area contributed by atoms with E-state index in [1.54, 1.807) is 6.20 Å². The van der Waals surface area contributed by atoms with Crippen molar-refractivity contribution in [1.82, 2.24) is 20.4 Å². The lowest BCUT2D eigenvalue weighted by Gasteiger charge is -2.21. The summed E-state index contributed by atoms with van der Waals surface area (Å²) in [5, 5.41) is 11.4. The lowest BCUT2D eigenvalue weighted by molar-refractivity contribution is 0.0760. The number of nitrogens with one attached hydrogen (secondary N) is 2. The predicted molar refractivity (Wildman–Crippen MR) is 81.1 cm³/mol. The summed E-state index contributed by atoms with van der Waals surface area (Å²) in [6, 6.07) is 5.79. The number of hydrogen-bond acceptors (Lipinski definition) is 3. The van der Waals surface area contributed by atoms with Crippen molar-refractivity contribution in [3.8, 4) is 0 Å². The second-order valence-electron chi connectivity index (χ2n) is 6.18. The Morgan fingerprint density at radius 3 is 2.71 bits per heavy atom. The minimum Gasteiger partial charge on any atom is -0.339 e. The predicted octanol–water partition coefficient (Wildman–Crippen LogP) is 1.63. The van der Waals surface area contributed by atoms with Gasteiger partial charge in [0.2, 0.25) is 0 Å². The molecule has 0 spiro atoms. The molecule has 0 bridgehead atoms. The van der Waals surface area contributed by atoms with E-state index >= 15 is 0 Å². The van der Waals surface area contributed by atoms with Crippen LogP contribution in [0.3, 0.4) is 0 Å². The highest BCUT2D eigenvalue weighted by Gasteiger charge is 2.31. The Labute approximate surface area is 123 Å². The van der Waals surface area contributed by atoms with Crippen LogP contribution in [-0.4, -0.2) is 47.2 Å². The first-order chi connectivity index (χ1) is 10.3. The lowest BCUT2D eigenvalue weighted by Crippen LogP contribution is -2.32. The highest BCUT2D eigenvalue weighted by Crippen LogP contribution is 2.28. The van der Waals surface area contributed by atoms with Crippen LogP contribution in [0, 0.1) is 11.8 Å². The van der Waals surface area contributed by atoms with Gasteiger partial charge in [0.05, 0.1) is 17.3 Å². The number of rotatable bonds is 1. The van der Waals surface area contributed by atoms with Crippen molar-refractivity contribution in [3.05, 3.63) is 30.0 Å². The Morgan fingerprint density at radius 1 is 1.19 bits per heavy atom. The van der Waals surface area contributed by atoms with Gasteiger partial charge in [-0.2, -0.15) is 5.10 Å². The van der Waals surface area contributed by atoms with Crippen molar-refractivity contribution in [3.63, 3.8) is 0 Å². The summed E-state index contributed by atoms with van der Waals surface area (Å²) in [5.41, 5.74) is 1.70. The van der Waals surface area contributed by atoms with Crippen LogP contribution in [0.1, 0.15) is 23.2 Å². The molecule has 110 valence electrons. The maximum Gasteiger partial charge on any atom is 0.254 e. The molecule has 1 aromatic heterocycles. The van der Waals surface area contributed by atoms with Gasteiger partial charge in [-0.1, -0.05) is 6.07 Å². The van der Waals surface area contributed by atoms with Crippen LogP contribution in [-0.2, 0) is 0 Å². The molecule has 5 heteroatoms. The largest absolute Gasteiger partial charge is 0.339 e. The van der Waals surface area contributed by atoms with Crippen molar-refractivity contribution in [2.24, 2.45) is 11.8 Å². The number of benzene rings is 1. The fourth-order valence-electron chi connectivity index (χ4n) is 3.75. The number of carbonyl (C=O) groups is 1. The second kappa shape index (κ2) is 5.15. The number of nitrogens with zero attached hydrogens (tertiary/aromatic N) is 2. The number of aromatic amines is 1. The van der Waals surface area contributed by atoms with Gasteiger partial charge in [0.15, 0.2) is 0 Å². The average Bonchev–Trinajstić information content (AvgIpc) is 3.11. The number of carbonyl (C=O) groups excluding carboxylic acids is 1. The molecule has 2 saturated heterocycles. The van der Waals surface area contributed by atoms with Gasteiger partial charge in [0.1, 0.15) is 0 Å². The third kappa shape index (κ3) is 2.21. The van der Waals surface area contributed by atoms with Crippen LogP contribution in [0.25, 0.3) is 10.9 Å². The fourth-order valence-corrected chi connectivity index (χ4v) is 3.75. The monoisotopic (exact) mass is 284 g/mol. The van der Waals surface area contributed by atoms with Gasteiger partial charge in [-0.25, -0.2) is 0 Å². The zero-order valence-corrected chi connectivity index (χ0v) is 12.0. The smallest absolute Gasteiger partial charge is 0.254 e. The van der Waals surface area contributed by atoms with Crippen LogP contribution in [0.5, 0.6) is 0 Å². The Balaban J connectivity index is 1.58. The van der Waals surface area contributed by atoms with Gasteiger partial charge in [0.25, 0.3) is 5.91 Å². The topological polar surface area (TPSA) is 61.0 Å². The first kappa shape index (κ1) is 12.8. The molecule has 2 aliphatic rings. The molecule has 2 N–H and O–H groups in total. The highest BCUT2D eigenvalue weighted by atomic mass is 16.2. The minimum absolute atomic E-state index is 0.148. The molecule has 2 aliphatic heterocycles. The van der Waals surface area contributed by atoms with E-state index in [0.717, 1.165) is 67.3 Å². The molecule has 0 unspecified atom stereocenters. The highest BCUT2D eigenvalue weighted by molar-refractivity contribution is 6.06. The van der Waals surface area contributed by atoms with Crippen molar-refractivity contribution in [1.29, 1.82) is 0 Å². The Bertz CT molecular complexity index is 651. The number of likely N-dealkylation sites (tertiary alicyclic amines) is 1. The summed E-state index contributed by atoms with van der Waals surface area (Å²) in [7, 11) is 0. The van der Waals surface area contributed by atoms with Crippen LogP contribution in [0.2, 0.25) is 0 Å². The van der Waals surface area contributed by atoms with E-state index in [1.165, 1.54) is 0 Å². The lowest BCUT2D eigenvalue weighted by atomic mass is 9.92. The van der Waals surface area contributed by atoms with Crippen molar-refractivity contribution < 1.29 is 4.79 Å². The van der Waals surface area contributed by atoms with E-state index in [-0.39, 0.29) is 5.91 Å². The number of fused-ring (bicyclic) bond motifs is 2. The van der Waals surface area contributed by atoms with Gasteiger partial charge in [0, 0.05) is 18.5 Å². The zero-order chi connectivity index (χ0) is 14.2. The summed E-state index contributed by atoms with van der Waals surface area (Å²) in [4.78, 5) is 14.9. The summed E-state index contributed by atoms with van der Waals surface area (Å²) in [5.74, 6) is 1.63. The van der Waals surface area contributed by atoms with Gasteiger partial charge in [-0.15, -0.1) is 0 Å². The Kier molecular flexibility index (Phi) is 3.15. The Morgan fingerprint density at radius 2 is 1.95 bits per heavy atom. The summed E-state index contributed by atoms with van der Waals surface area (Å²) < 4.78 is 0. The molecule has 4 rings (SSSR count). The maximum atomic E-state index is 12.9. The van der Waals surface area contributed by atoms with Crippen molar-refractivity contribution in [2.75, 3.05) is 26.2 Å². The number of amides is 1. The average molecular weight is 284 g/mol. The van der Waals surface area contributed by atoms with Crippen LogP contribution in [0.15, 0.2) is 24.4 Å². The molecule has 2 fully saturated rings. The molecular formula is C16H20N4O. The van der Waals surface area contributed by atoms with Crippen LogP contribution >= 0.6 is 0 Å². The second-order valence-corrected chi connectivity index (χ2v) is 6.18. The molecule has 2 aromatic rings. The molecule has 21 heavy (non-hydrogen) atoms. The first-order valence-electron chi connectivity index (χ1n) is 7.75. The third-order valence-electron chi connectivity index (χ3n) is 5.02. The molecule has 3 heterocycles. The van der Waals surface area contributed by atoms with E-state index in [2.05, 4.69) is 15.5 Å². The molecule has 1 amide bonds. The molecule has 2 atom stereocenters. The molecule has 0 saturated carbocycles. The summed E-state index contributed by atoms with van der Waals surface area (Å²) in [6.07, 6.45) is 3.98. The normalized spacial score (nSPS) is 25.8. The molecule has 5 nitrogen and oxygen atoms in total. The van der Waals surface area contributed by atoms with Gasteiger partial charge >= 0.3 is 0 Å². The van der Waals surface area contributed by atoms with Gasteiger partial charge < -0.3 is 10.2 Å². The maximum absolute atomic E-state index is 12.9. The van der Waals surface area contributed by atoms with E-state index in [4.69, 9.17) is 0 Å². The van der Waals surface area contributed by atoms with Crippen LogP contribution in [0.4, 0.5) is 0 Å². The van der Waals surface area contributed by atoms with E-state index < -0.39 is 0 Å². The van der Waals surface area contributed by atoms with Crippen molar-refractivity contribution in [2.45, 2.75) is 12.8 Å². The third-order valence-corrected chi connectivity index (χ3v) is 5.02. The van der Waals surface area contributed by atoms with Gasteiger partial charge in [-0.05, 0) is 49.9 Å². The quantitative estimate of drug-likeness (QED) is 0.837. The van der Waals surface area contributed by atoms with Gasteiger partial charge in [-0.3, -0.25) is 9.89 Å². The van der Waals surface area contributed by atoms with E-state index in [0.29, 0.717) is 0 Å². The number of hydrogen-bond donors (Lipinski definition) is 2. The standard InChI is InChI=1S/C16H20N4O/c21-16(13-2-1-3-15-14(13)10-18-19-15)20-6-4-11-8-17-9-12(11)5-7-20/h1-3,10-12,17H,4-9H2,(H,18,19)/t11-,12+. The molecular weight excluding hydrogens is 264 g/mol. The van der Waals surface area contributed by atoms with E-state index in [1.807, 2.05) is 23.1 Å². The molecule has 0 radical (unpaired) electrons. The first-order valence-corrected chi connectivity index (χ1v) is 7.75. The Hall–Kier alpha value is -1.88. The summed E-state index contributed by atoms with van der Waals surface area (Å²) >= 11 is 0. The zero-order valence-electron chi connectivity index (χ0n) is 12.0. The SMILES string of the molecule is O=C(c1cccc2[nH]ncc12)N1CC[C@@H]2CNC[C@@H]2CC1. The van der Waals surface area contributed by atoms with E-state index in [9.17, 15) is 4.79 Å². The van der Waals surface area contributed by atoms with Crippen LogP contribution < -0.4 is 5.32 Å². The number of H-pyrrole nitrogens is 1. The van der Waals surface area contributed by atoms with Crippen molar-refractivity contribution >= 4 is 16.8 Å². The number of aromatic nitrogens is 2. The minimum atomic E-state index is 0.148. The molecule has 1 aromatic carbocycles.